The molecular formula is C9H5F6I. The van der Waals surface area contributed by atoms with Crippen LogP contribution in [0.1, 0.15) is 16.7 Å². The van der Waals surface area contributed by atoms with Gasteiger partial charge in [-0.2, -0.15) is 26.3 Å². The van der Waals surface area contributed by atoms with E-state index in [2.05, 4.69) is 0 Å². The molecule has 0 amide bonds. The fourth-order valence-electron chi connectivity index (χ4n) is 1.15. The summed E-state index contributed by atoms with van der Waals surface area (Å²) in [6, 6.07) is 1.03. The van der Waals surface area contributed by atoms with Gasteiger partial charge in [-0.15, -0.1) is 0 Å². The second-order valence-electron chi connectivity index (χ2n) is 3.14. The summed E-state index contributed by atoms with van der Waals surface area (Å²) in [5.41, 5.74) is -3.12. The molecule has 1 rings (SSSR count). The van der Waals surface area contributed by atoms with Crippen molar-refractivity contribution in [3.8, 4) is 0 Å². The van der Waals surface area contributed by atoms with E-state index >= 15 is 0 Å². The Balaban J connectivity index is 3.53. The maximum Gasteiger partial charge on any atom is 0.417 e. The first-order valence-corrected chi connectivity index (χ1v) is 5.06. The van der Waals surface area contributed by atoms with Crippen molar-refractivity contribution in [1.29, 1.82) is 0 Å². The minimum Gasteiger partial charge on any atom is -0.166 e. The van der Waals surface area contributed by atoms with E-state index in [1.807, 2.05) is 0 Å². The molecule has 0 saturated carbocycles. The molecule has 16 heavy (non-hydrogen) atoms. The number of aryl methyl sites for hydroxylation is 1. The van der Waals surface area contributed by atoms with Crippen LogP contribution in [0.5, 0.6) is 0 Å². The van der Waals surface area contributed by atoms with E-state index in [-0.39, 0.29) is 9.13 Å². The third-order valence-corrected chi connectivity index (χ3v) is 3.07. The molecule has 0 aliphatic rings. The van der Waals surface area contributed by atoms with E-state index in [4.69, 9.17) is 0 Å². The SMILES string of the molecule is Cc1cc(C(F)(F)F)c(C(F)(F)F)cc1I. The van der Waals surface area contributed by atoms with Gasteiger partial charge in [0.1, 0.15) is 0 Å². The van der Waals surface area contributed by atoms with Gasteiger partial charge in [0.05, 0.1) is 11.1 Å². The molecule has 0 atom stereocenters. The number of alkyl halides is 6. The van der Waals surface area contributed by atoms with Crippen LogP contribution >= 0.6 is 22.6 Å². The smallest absolute Gasteiger partial charge is 0.166 e. The minimum atomic E-state index is -5.00. The quantitative estimate of drug-likeness (QED) is 0.471. The first-order chi connectivity index (χ1) is 7.03. The van der Waals surface area contributed by atoms with Gasteiger partial charge in [0.15, 0.2) is 0 Å². The van der Waals surface area contributed by atoms with Crippen LogP contribution in [0.2, 0.25) is 0 Å². The molecule has 0 nitrogen and oxygen atoms in total. The predicted molar refractivity (Wildman–Crippen MR) is 53.9 cm³/mol. The average Bonchev–Trinajstić information content (AvgIpc) is 2.05. The van der Waals surface area contributed by atoms with Gasteiger partial charge in [0, 0.05) is 3.57 Å². The highest BCUT2D eigenvalue weighted by Crippen LogP contribution is 2.41. The molecule has 7 heteroatoms. The van der Waals surface area contributed by atoms with Gasteiger partial charge in [-0.25, -0.2) is 0 Å². The van der Waals surface area contributed by atoms with Crippen molar-refractivity contribution in [3.63, 3.8) is 0 Å². The fourth-order valence-corrected chi connectivity index (χ4v) is 1.62. The zero-order valence-corrected chi connectivity index (χ0v) is 9.96. The zero-order chi connectivity index (χ0) is 12.7. The number of hydrogen-bond acceptors (Lipinski definition) is 0. The van der Waals surface area contributed by atoms with Gasteiger partial charge in [0.25, 0.3) is 0 Å². The lowest BCUT2D eigenvalue weighted by Gasteiger charge is -2.16. The Bertz CT molecular complexity index is 365. The standard InChI is InChI=1S/C9H5F6I/c1-4-2-5(8(10,11)12)6(3-7(4)16)9(13,14)15/h2-3H,1H3. The van der Waals surface area contributed by atoms with Crippen molar-refractivity contribution in [3.05, 3.63) is 32.4 Å². The van der Waals surface area contributed by atoms with Crippen LogP contribution in [0.15, 0.2) is 12.1 Å². The molecule has 0 bridgehead atoms. The summed E-state index contributed by atoms with van der Waals surface area (Å²) >= 11 is 1.57. The van der Waals surface area contributed by atoms with E-state index in [9.17, 15) is 26.3 Å². The Morgan fingerprint density at radius 2 is 1.25 bits per heavy atom. The Morgan fingerprint density at radius 1 is 0.875 bits per heavy atom. The molecule has 0 N–H and O–H groups in total. The van der Waals surface area contributed by atoms with Gasteiger partial charge in [-0.1, -0.05) is 0 Å². The predicted octanol–water partition coefficient (Wildman–Crippen LogP) is 4.64. The topological polar surface area (TPSA) is 0 Å². The maximum absolute atomic E-state index is 12.4. The summed E-state index contributed by atoms with van der Waals surface area (Å²) in [5, 5.41) is 0. The maximum atomic E-state index is 12.4. The number of rotatable bonds is 0. The Kier molecular flexibility index (Phi) is 3.47. The largest absolute Gasteiger partial charge is 0.417 e. The molecule has 0 radical (unpaired) electrons. The molecule has 0 heterocycles. The Labute approximate surface area is 101 Å². The van der Waals surface area contributed by atoms with Crippen molar-refractivity contribution < 1.29 is 26.3 Å². The molecule has 0 spiro atoms. The molecule has 90 valence electrons. The van der Waals surface area contributed by atoms with E-state index in [0.29, 0.717) is 12.1 Å². The van der Waals surface area contributed by atoms with E-state index in [1.165, 1.54) is 6.92 Å². The average molecular weight is 354 g/mol. The summed E-state index contributed by atoms with van der Waals surface area (Å²) in [6.45, 7) is 1.33. The summed E-state index contributed by atoms with van der Waals surface area (Å²) in [4.78, 5) is 0. The van der Waals surface area contributed by atoms with Crippen LogP contribution in [0, 0.1) is 10.5 Å². The lowest BCUT2D eigenvalue weighted by Crippen LogP contribution is -2.17. The second-order valence-corrected chi connectivity index (χ2v) is 4.30. The fraction of sp³-hybridized carbons (Fsp3) is 0.333. The highest BCUT2D eigenvalue weighted by molar-refractivity contribution is 14.1. The van der Waals surface area contributed by atoms with Gasteiger partial charge in [-0.05, 0) is 47.2 Å². The molecule has 0 unspecified atom stereocenters. The molecule has 0 saturated heterocycles. The third-order valence-electron chi connectivity index (χ3n) is 1.91. The number of benzene rings is 1. The molecule has 1 aromatic carbocycles. The third kappa shape index (κ3) is 2.80. The molecule has 0 fully saturated rings. The lowest BCUT2D eigenvalue weighted by molar-refractivity contribution is -0.162. The van der Waals surface area contributed by atoms with Gasteiger partial charge in [0.2, 0.25) is 0 Å². The second kappa shape index (κ2) is 4.08. The van der Waals surface area contributed by atoms with E-state index < -0.39 is 23.5 Å². The molecular weight excluding hydrogens is 349 g/mol. The van der Waals surface area contributed by atoms with Crippen LogP contribution in [0.25, 0.3) is 0 Å². The summed E-state index contributed by atoms with van der Waals surface area (Å²) < 4.78 is 74.5. The monoisotopic (exact) mass is 354 g/mol. The van der Waals surface area contributed by atoms with Crippen molar-refractivity contribution in [2.45, 2.75) is 19.3 Å². The molecule has 0 aliphatic heterocycles. The summed E-state index contributed by atoms with van der Waals surface area (Å²) in [6.07, 6.45) is -10.0. The van der Waals surface area contributed by atoms with Crippen LogP contribution < -0.4 is 0 Å². The highest BCUT2D eigenvalue weighted by Gasteiger charge is 2.43. The summed E-state index contributed by atoms with van der Waals surface area (Å²) in [5.74, 6) is 0. The van der Waals surface area contributed by atoms with Crippen molar-refractivity contribution in [2.75, 3.05) is 0 Å². The molecule has 0 aromatic heterocycles. The lowest BCUT2D eigenvalue weighted by atomic mass is 10.0. The minimum absolute atomic E-state index is 0.151. The van der Waals surface area contributed by atoms with Gasteiger partial charge < -0.3 is 0 Å². The normalized spacial score (nSPS) is 13.0. The molecule has 1 aromatic rings. The van der Waals surface area contributed by atoms with Crippen LogP contribution in [0.3, 0.4) is 0 Å². The van der Waals surface area contributed by atoms with Crippen LogP contribution in [0.4, 0.5) is 26.3 Å². The summed E-state index contributed by atoms with van der Waals surface area (Å²) in [7, 11) is 0. The number of hydrogen-bond donors (Lipinski definition) is 0. The van der Waals surface area contributed by atoms with Crippen LogP contribution in [-0.2, 0) is 12.4 Å². The Hall–Kier alpha value is -0.470. The first-order valence-electron chi connectivity index (χ1n) is 3.98. The van der Waals surface area contributed by atoms with Gasteiger partial charge >= 0.3 is 12.4 Å². The zero-order valence-electron chi connectivity index (χ0n) is 7.80. The highest BCUT2D eigenvalue weighted by atomic mass is 127. The first kappa shape index (κ1) is 13.6. The Morgan fingerprint density at radius 3 is 1.62 bits per heavy atom. The molecule has 0 aliphatic carbocycles. The van der Waals surface area contributed by atoms with Crippen molar-refractivity contribution >= 4 is 22.6 Å². The van der Waals surface area contributed by atoms with Gasteiger partial charge in [-0.3, -0.25) is 0 Å². The van der Waals surface area contributed by atoms with Crippen LogP contribution in [-0.4, -0.2) is 0 Å². The van der Waals surface area contributed by atoms with Crippen molar-refractivity contribution in [1.82, 2.24) is 0 Å². The van der Waals surface area contributed by atoms with E-state index in [0.717, 1.165) is 0 Å². The van der Waals surface area contributed by atoms with E-state index in [1.54, 1.807) is 22.6 Å². The number of halogens is 7. The van der Waals surface area contributed by atoms with Crippen molar-refractivity contribution in [2.24, 2.45) is 0 Å².